The fourth-order valence-electron chi connectivity index (χ4n) is 4.95. The first-order valence-electron chi connectivity index (χ1n) is 13.0. The van der Waals surface area contributed by atoms with Crippen LogP contribution in [-0.4, -0.2) is 44.1 Å². The average molecular weight is 549 g/mol. The van der Waals surface area contributed by atoms with Crippen LogP contribution in [0.4, 0.5) is 11.4 Å². The van der Waals surface area contributed by atoms with Crippen molar-refractivity contribution >= 4 is 40.4 Å². The van der Waals surface area contributed by atoms with Gasteiger partial charge in [-0.15, -0.1) is 0 Å². The highest BCUT2D eigenvalue weighted by atomic mass is 35.5. The van der Waals surface area contributed by atoms with Gasteiger partial charge in [0, 0.05) is 30.5 Å². The van der Waals surface area contributed by atoms with E-state index in [1.165, 1.54) is 31.3 Å². The molecule has 8 heteroatoms. The van der Waals surface area contributed by atoms with Crippen molar-refractivity contribution in [1.29, 1.82) is 0 Å². The monoisotopic (exact) mass is 548 g/mol. The largest absolute Gasteiger partial charge is 0.507 e. The van der Waals surface area contributed by atoms with E-state index < -0.39 is 17.7 Å². The Morgan fingerprint density at radius 3 is 2.08 bits per heavy atom. The molecular weight excluding hydrogens is 516 g/mol. The topological polar surface area (TPSA) is 79.3 Å². The van der Waals surface area contributed by atoms with Crippen LogP contribution in [0.5, 0.6) is 11.5 Å². The zero-order valence-corrected chi connectivity index (χ0v) is 23.6. The van der Waals surface area contributed by atoms with Crippen molar-refractivity contribution in [2.24, 2.45) is 0 Å². The Kier molecular flexibility index (Phi) is 8.51. The second kappa shape index (κ2) is 11.8. The lowest BCUT2D eigenvalue weighted by Gasteiger charge is -2.27. The molecule has 0 saturated carbocycles. The molecule has 1 N–H and O–H groups in total. The highest BCUT2D eigenvalue weighted by Gasteiger charge is 2.47. The minimum Gasteiger partial charge on any atom is -0.507 e. The molecule has 0 bridgehead atoms. The number of aryl methyl sites for hydroxylation is 1. The maximum Gasteiger partial charge on any atom is 0.300 e. The molecule has 1 saturated heterocycles. The molecule has 0 aliphatic carbocycles. The van der Waals surface area contributed by atoms with Crippen LogP contribution in [0.1, 0.15) is 43.5 Å². The molecule has 4 rings (SSSR count). The first kappa shape index (κ1) is 28.0. The van der Waals surface area contributed by atoms with Gasteiger partial charge in [0.1, 0.15) is 17.3 Å². The quantitative estimate of drug-likeness (QED) is 0.189. The van der Waals surface area contributed by atoms with E-state index in [9.17, 15) is 14.7 Å². The number of hydrogen-bond donors (Lipinski definition) is 1. The fraction of sp³-hybridized carbons (Fsp3) is 0.290. The van der Waals surface area contributed by atoms with Gasteiger partial charge in [-0.2, -0.15) is 0 Å². The molecule has 1 atom stereocenters. The molecule has 7 nitrogen and oxygen atoms in total. The van der Waals surface area contributed by atoms with Gasteiger partial charge in [0.2, 0.25) is 0 Å². The predicted octanol–water partition coefficient (Wildman–Crippen LogP) is 6.39. The average Bonchev–Trinajstić information content (AvgIpc) is 3.23. The number of Topliss-reactive ketones (excluding diaryl/α,β-unsaturated/α-hetero) is 1. The number of methoxy groups -OCH3 is 2. The normalized spacial score (nSPS) is 16.5. The van der Waals surface area contributed by atoms with E-state index in [2.05, 4.69) is 18.7 Å². The lowest BCUT2D eigenvalue weighted by atomic mass is 9.94. The summed E-state index contributed by atoms with van der Waals surface area (Å²) in [6.07, 6.45) is 0.841. The van der Waals surface area contributed by atoms with E-state index >= 15 is 0 Å². The summed E-state index contributed by atoms with van der Waals surface area (Å²) in [6.45, 7) is 7.90. The highest BCUT2D eigenvalue weighted by Crippen LogP contribution is 2.45. The van der Waals surface area contributed by atoms with Gasteiger partial charge in [-0.05, 0) is 61.7 Å². The van der Waals surface area contributed by atoms with E-state index in [1.807, 2.05) is 55.5 Å². The number of ether oxygens (including phenoxy) is 2. The second-order valence-electron chi connectivity index (χ2n) is 9.14. The number of ketones is 1. The first-order valence-corrected chi connectivity index (χ1v) is 13.3. The van der Waals surface area contributed by atoms with Crippen molar-refractivity contribution in [3.8, 4) is 11.5 Å². The molecule has 39 heavy (non-hydrogen) atoms. The zero-order chi connectivity index (χ0) is 28.3. The summed E-state index contributed by atoms with van der Waals surface area (Å²) in [5, 5.41) is 11.8. The summed E-state index contributed by atoms with van der Waals surface area (Å²) in [7, 11) is 2.91. The molecule has 0 radical (unpaired) electrons. The summed E-state index contributed by atoms with van der Waals surface area (Å²) in [5.74, 6) is -1.29. The van der Waals surface area contributed by atoms with Crippen molar-refractivity contribution in [2.45, 2.75) is 33.2 Å². The maximum atomic E-state index is 13.6. The van der Waals surface area contributed by atoms with Gasteiger partial charge < -0.3 is 19.5 Å². The Bertz CT molecular complexity index is 1400. The number of rotatable bonds is 9. The molecular formula is C31H33ClN2O5. The number of aliphatic hydroxyl groups is 1. The number of carbonyl (C=O) groups is 2. The molecule has 1 aliphatic heterocycles. The number of halogens is 1. The fourth-order valence-corrected chi connectivity index (χ4v) is 5.19. The Labute approximate surface area is 234 Å². The number of nitrogens with zero attached hydrogens (tertiary/aromatic N) is 2. The van der Waals surface area contributed by atoms with Gasteiger partial charge in [-0.3, -0.25) is 14.5 Å². The highest BCUT2D eigenvalue weighted by molar-refractivity contribution is 6.51. The minimum atomic E-state index is -0.867. The van der Waals surface area contributed by atoms with E-state index in [1.54, 1.807) is 0 Å². The van der Waals surface area contributed by atoms with Crippen LogP contribution in [0.3, 0.4) is 0 Å². The molecule has 3 aromatic carbocycles. The summed E-state index contributed by atoms with van der Waals surface area (Å²) >= 11 is 6.37. The molecule has 1 aliphatic rings. The minimum absolute atomic E-state index is 0.0466. The Morgan fingerprint density at radius 1 is 0.923 bits per heavy atom. The van der Waals surface area contributed by atoms with E-state index in [0.29, 0.717) is 17.0 Å². The number of benzene rings is 3. The molecule has 204 valence electrons. The zero-order valence-electron chi connectivity index (χ0n) is 22.8. The molecule has 0 aromatic heterocycles. The van der Waals surface area contributed by atoms with Crippen LogP contribution < -0.4 is 19.3 Å². The molecule has 1 heterocycles. The summed E-state index contributed by atoms with van der Waals surface area (Å²) in [4.78, 5) is 30.7. The Morgan fingerprint density at radius 2 is 1.54 bits per heavy atom. The number of hydrogen-bond acceptors (Lipinski definition) is 6. The van der Waals surface area contributed by atoms with Gasteiger partial charge in [0.05, 0.1) is 36.4 Å². The van der Waals surface area contributed by atoms with Gasteiger partial charge >= 0.3 is 0 Å². The van der Waals surface area contributed by atoms with Crippen LogP contribution in [0.15, 0.2) is 66.2 Å². The van der Waals surface area contributed by atoms with Crippen molar-refractivity contribution in [3.63, 3.8) is 0 Å². The van der Waals surface area contributed by atoms with Crippen LogP contribution in [0.25, 0.3) is 5.76 Å². The van der Waals surface area contributed by atoms with Crippen LogP contribution in [0, 0.1) is 0 Å². The van der Waals surface area contributed by atoms with Gasteiger partial charge in [-0.25, -0.2) is 0 Å². The Balaban J connectivity index is 1.94. The predicted molar refractivity (Wildman–Crippen MR) is 155 cm³/mol. The van der Waals surface area contributed by atoms with E-state index in [0.717, 1.165) is 30.8 Å². The van der Waals surface area contributed by atoms with Crippen molar-refractivity contribution < 1.29 is 24.2 Å². The van der Waals surface area contributed by atoms with Crippen LogP contribution >= 0.6 is 11.6 Å². The van der Waals surface area contributed by atoms with Gasteiger partial charge in [0.25, 0.3) is 11.7 Å². The van der Waals surface area contributed by atoms with Crippen LogP contribution in [0.2, 0.25) is 5.02 Å². The van der Waals surface area contributed by atoms with Crippen LogP contribution in [-0.2, 0) is 16.0 Å². The lowest BCUT2D eigenvalue weighted by Crippen LogP contribution is -2.29. The lowest BCUT2D eigenvalue weighted by molar-refractivity contribution is -0.132. The number of aliphatic hydroxyl groups excluding tert-OH is 1. The third-order valence-corrected chi connectivity index (χ3v) is 7.43. The summed E-state index contributed by atoms with van der Waals surface area (Å²) in [6, 6.07) is 17.4. The second-order valence-corrected chi connectivity index (χ2v) is 9.55. The SMILES string of the molecule is CCc1ccc(N2C(=O)C(=O)/C(=C(/O)c3cc(Cl)c(OC)cc3OC)C2c2ccc(N(CC)CC)cc2)cc1. The molecule has 1 unspecified atom stereocenters. The molecule has 1 amide bonds. The smallest absolute Gasteiger partial charge is 0.300 e. The first-order chi connectivity index (χ1) is 18.8. The third-order valence-electron chi connectivity index (χ3n) is 7.13. The standard InChI is InChI=1S/C31H33ClN2O5/c1-6-19-9-13-22(14-10-19)34-28(20-11-15-21(16-12-20)33(7-2)8-3)27(30(36)31(34)37)29(35)23-17-24(32)26(39-5)18-25(23)38-4/h9-18,28,35H,6-8H2,1-5H3/b29-27+. The third kappa shape index (κ3) is 5.19. The number of anilines is 2. The molecule has 3 aromatic rings. The van der Waals surface area contributed by atoms with Crippen molar-refractivity contribution in [1.82, 2.24) is 0 Å². The Hall–Kier alpha value is -3.97. The van der Waals surface area contributed by atoms with Gasteiger partial charge in [0.15, 0.2) is 0 Å². The molecule has 1 fully saturated rings. The van der Waals surface area contributed by atoms with E-state index in [4.69, 9.17) is 21.1 Å². The summed E-state index contributed by atoms with van der Waals surface area (Å²) in [5.41, 5.74) is 3.52. The van der Waals surface area contributed by atoms with Crippen molar-refractivity contribution in [3.05, 3.63) is 87.9 Å². The maximum absolute atomic E-state index is 13.6. The van der Waals surface area contributed by atoms with Gasteiger partial charge in [-0.1, -0.05) is 42.8 Å². The van der Waals surface area contributed by atoms with Crippen molar-refractivity contribution in [2.75, 3.05) is 37.1 Å². The summed E-state index contributed by atoms with van der Waals surface area (Å²) < 4.78 is 10.8. The number of carbonyl (C=O) groups excluding carboxylic acids is 2. The number of amides is 1. The molecule has 0 spiro atoms. The van der Waals surface area contributed by atoms with E-state index in [-0.39, 0.29) is 27.7 Å².